The van der Waals surface area contributed by atoms with Crippen molar-refractivity contribution in [3.8, 4) is 0 Å². The molecule has 3 rings (SSSR count). The molecule has 3 nitrogen and oxygen atoms in total. The van der Waals surface area contributed by atoms with Gasteiger partial charge in [0.15, 0.2) is 0 Å². The number of benzene rings is 1. The Hall–Kier alpha value is -1.45. The van der Waals surface area contributed by atoms with Crippen LogP contribution in [0.15, 0.2) is 30.3 Å². The van der Waals surface area contributed by atoms with Crippen LogP contribution in [-0.4, -0.2) is 18.2 Å². The molecule has 1 atom stereocenters. The lowest BCUT2D eigenvalue weighted by atomic mass is 9.87. The molecule has 0 bridgehead atoms. The molecule has 1 aromatic carbocycles. The molecule has 2 aromatic rings. The van der Waals surface area contributed by atoms with E-state index in [4.69, 9.17) is 10.5 Å². The maximum Gasteiger partial charge on any atom is 0.0705 e. The molecule has 1 unspecified atom stereocenters. The predicted molar refractivity (Wildman–Crippen MR) is 77.0 cm³/mol. The van der Waals surface area contributed by atoms with Crippen molar-refractivity contribution in [2.45, 2.75) is 25.8 Å². The summed E-state index contributed by atoms with van der Waals surface area (Å²) in [4.78, 5) is 4.53. The maximum atomic E-state index is 6.41. The normalized spacial score (nSPS) is 18.6. The highest BCUT2D eigenvalue weighted by atomic mass is 16.5. The van der Waals surface area contributed by atoms with E-state index in [0.717, 1.165) is 37.3 Å². The van der Waals surface area contributed by atoms with Gasteiger partial charge in [-0.2, -0.15) is 0 Å². The minimum absolute atomic E-state index is 0.106. The Morgan fingerprint density at radius 2 is 2.00 bits per heavy atom. The van der Waals surface area contributed by atoms with E-state index in [1.807, 2.05) is 13.0 Å². The molecule has 1 aliphatic rings. The first-order chi connectivity index (χ1) is 9.24. The standard InChI is InChI=1S/C16H20N2O/c1-11-2-3-13-10-14(4-5-15(13)18-11)16(17)12-6-8-19-9-7-12/h2-5,10,12,16H,6-9,17H2,1H3. The van der Waals surface area contributed by atoms with Gasteiger partial charge in [-0.15, -0.1) is 0 Å². The molecule has 1 saturated heterocycles. The van der Waals surface area contributed by atoms with Crippen molar-refractivity contribution in [2.24, 2.45) is 11.7 Å². The van der Waals surface area contributed by atoms with Crippen LogP contribution in [0.5, 0.6) is 0 Å². The van der Waals surface area contributed by atoms with Crippen LogP contribution in [0.25, 0.3) is 10.9 Å². The Labute approximate surface area is 113 Å². The van der Waals surface area contributed by atoms with Crippen molar-refractivity contribution in [1.82, 2.24) is 4.98 Å². The van der Waals surface area contributed by atoms with Crippen LogP contribution in [0.4, 0.5) is 0 Å². The molecule has 0 saturated carbocycles. The summed E-state index contributed by atoms with van der Waals surface area (Å²) >= 11 is 0. The van der Waals surface area contributed by atoms with E-state index in [-0.39, 0.29) is 6.04 Å². The molecule has 100 valence electrons. The van der Waals surface area contributed by atoms with Gasteiger partial charge in [0.1, 0.15) is 0 Å². The third-order valence-electron chi connectivity index (χ3n) is 4.01. The zero-order chi connectivity index (χ0) is 13.2. The van der Waals surface area contributed by atoms with Gasteiger partial charge in [0, 0.05) is 30.3 Å². The van der Waals surface area contributed by atoms with Crippen molar-refractivity contribution in [1.29, 1.82) is 0 Å². The molecule has 0 aliphatic carbocycles. The summed E-state index contributed by atoms with van der Waals surface area (Å²) in [6.45, 7) is 3.69. The summed E-state index contributed by atoms with van der Waals surface area (Å²) in [7, 11) is 0. The maximum absolute atomic E-state index is 6.41. The van der Waals surface area contributed by atoms with Gasteiger partial charge in [-0.1, -0.05) is 12.1 Å². The summed E-state index contributed by atoms with van der Waals surface area (Å²) in [5.41, 5.74) is 9.72. The number of nitrogens with two attached hydrogens (primary N) is 1. The molecule has 19 heavy (non-hydrogen) atoms. The first-order valence-electron chi connectivity index (χ1n) is 6.95. The van der Waals surface area contributed by atoms with Crippen LogP contribution in [0, 0.1) is 12.8 Å². The lowest BCUT2D eigenvalue weighted by Crippen LogP contribution is -2.27. The second-order valence-electron chi connectivity index (χ2n) is 5.38. The molecule has 3 heteroatoms. The van der Waals surface area contributed by atoms with Gasteiger partial charge < -0.3 is 10.5 Å². The molecule has 0 spiro atoms. The van der Waals surface area contributed by atoms with Crippen LogP contribution in [-0.2, 0) is 4.74 Å². The number of ether oxygens (including phenoxy) is 1. The van der Waals surface area contributed by atoms with Crippen LogP contribution in [0.2, 0.25) is 0 Å². The van der Waals surface area contributed by atoms with Crippen molar-refractivity contribution >= 4 is 10.9 Å². The van der Waals surface area contributed by atoms with Gasteiger partial charge in [0.25, 0.3) is 0 Å². The van der Waals surface area contributed by atoms with Gasteiger partial charge in [-0.05, 0) is 49.4 Å². The summed E-state index contributed by atoms with van der Waals surface area (Å²) < 4.78 is 5.40. The average Bonchev–Trinajstić information content (AvgIpc) is 2.47. The Morgan fingerprint density at radius 3 is 2.79 bits per heavy atom. The van der Waals surface area contributed by atoms with Gasteiger partial charge in [-0.3, -0.25) is 4.98 Å². The van der Waals surface area contributed by atoms with Gasteiger partial charge >= 0.3 is 0 Å². The fraction of sp³-hybridized carbons (Fsp3) is 0.438. The second-order valence-corrected chi connectivity index (χ2v) is 5.38. The molecule has 1 aromatic heterocycles. The first-order valence-corrected chi connectivity index (χ1v) is 6.95. The molecule has 1 fully saturated rings. The van der Waals surface area contributed by atoms with Crippen LogP contribution < -0.4 is 5.73 Å². The van der Waals surface area contributed by atoms with E-state index >= 15 is 0 Å². The SMILES string of the molecule is Cc1ccc2cc(C(N)C3CCOCC3)ccc2n1. The molecule has 1 aliphatic heterocycles. The minimum Gasteiger partial charge on any atom is -0.381 e. The van der Waals surface area contributed by atoms with E-state index in [1.54, 1.807) is 0 Å². The third-order valence-corrected chi connectivity index (χ3v) is 4.01. The molecule has 0 amide bonds. The monoisotopic (exact) mass is 256 g/mol. The first kappa shape index (κ1) is 12.6. The Bertz CT molecular complexity index is 576. The molecular formula is C16H20N2O. The number of aryl methyl sites for hydroxylation is 1. The van der Waals surface area contributed by atoms with Gasteiger partial charge in [0.2, 0.25) is 0 Å². The Balaban J connectivity index is 1.89. The quantitative estimate of drug-likeness (QED) is 0.898. The Kier molecular flexibility index (Phi) is 3.49. The smallest absolute Gasteiger partial charge is 0.0705 e. The van der Waals surface area contributed by atoms with Crippen molar-refractivity contribution in [2.75, 3.05) is 13.2 Å². The highest BCUT2D eigenvalue weighted by Crippen LogP contribution is 2.29. The topological polar surface area (TPSA) is 48.1 Å². The van der Waals surface area contributed by atoms with Crippen LogP contribution >= 0.6 is 0 Å². The second kappa shape index (κ2) is 5.27. The lowest BCUT2D eigenvalue weighted by Gasteiger charge is -2.28. The molecule has 2 heterocycles. The predicted octanol–water partition coefficient (Wildman–Crippen LogP) is 2.97. The number of nitrogens with zero attached hydrogens (tertiary/aromatic N) is 1. The average molecular weight is 256 g/mol. The zero-order valence-electron chi connectivity index (χ0n) is 11.3. The molecular weight excluding hydrogens is 236 g/mol. The van der Waals surface area contributed by atoms with E-state index in [0.29, 0.717) is 5.92 Å². The van der Waals surface area contributed by atoms with E-state index in [2.05, 4.69) is 29.2 Å². The van der Waals surface area contributed by atoms with E-state index < -0.39 is 0 Å². The summed E-state index contributed by atoms with van der Waals surface area (Å²) in [5, 5.41) is 1.17. The van der Waals surface area contributed by atoms with Gasteiger partial charge in [-0.25, -0.2) is 0 Å². The Morgan fingerprint density at radius 1 is 1.21 bits per heavy atom. The fourth-order valence-electron chi connectivity index (χ4n) is 2.80. The highest BCUT2D eigenvalue weighted by molar-refractivity contribution is 5.79. The lowest BCUT2D eigenvalue weighted by molar-refractivity contribution is 0.0584. The number of aromatic nitrogens is 1. The van der Waals surface area contributed by atoms with Gasteiger partial charge in [0.05, 0.1) is 5.52 Å². The largest absolute Gasteiger partial charge is 0.381 e. The number of rotatable bonds is 2. The summed E-state index contributed by atoms with van der Waals surface area (Å²) in [6.07, 6.45) is 2.12. The summed E-state index contributed by atoms with van der Waals surface area (Å²) in [6, 6.07) is 10.7. The van der Waals surface area contributed by atoms with Crippen molar-refractivity contribution in [3.05, 3.63) is 41.6 Å². The number of pyridine rings is 1. The number of hydrogen-bond acceptors (Lipinski definition) is 3. The number of hydrogen-bond donors (Lipinski definition) is 1. The van der Waals surface area contributed by atoms with Crippen LogP contribution in [0.1, 0.15) is 30.1 Å². The highest BCUT2D eigenvalue weighted by Gasteiger charge is 2.22. The third kappa shape index (κ3) is 2.62. The molecule has 0 radical (unpaired) electrons. The fourth-order valence-corrected chi connectivity index (χ4v) is 2.80. The van der Waals surface area contributed by atoms with E-state index in [1.165, 1.54) is 10.9 Å². The number of fused-ring (bicyclic) bond motifs is 1. The zero-order valence-corrected chi connectivity index (χ0v) is 11.3. The minimum atomic E-state index is 0.106. The van der Waals surface area contributed by atoms with E-state index in [9.17, 15) is 0 Å². The van der Waals surface area contributed by atoms with Crippen molar-refractivity contribution in [3.63, 3.8) is 0 Å². The van der Waals surface area contributed by atoms with Crippen molar-refractivity contribution < 1.29 is 4.74 Å². The molecule has 2 N–H and O–H groups in total. The summed E-state index contributed by atoms with van der Waals surface area (Å²) in [5.74, 6) is 0.532. The van der Waals surface area contributed by atoms with Crippen LogP contribution in [0.3, 0.4) is 0 Å².